The van der Waals surface area contributed by atoms with E-state index in [0.717, 1.165) is 37.7 Å². The fourth-order valence-corrected chi connectivity index (χ4v) is 2.68. The maximum absolute atomic E-state index is 5.87. The molecule has 1 aromatic rings. The van der Waals surface area contributed by atoms with Crippen LogP contribution in [0, 0.1) is 5.92 Å². The Morgan fingerprint density at radius 3 is 2.68 bits per heavy atom. The number of nitrogens with zero attached hydrogens (tertiary/aromatic N) is 3. The van der Waals surface area contributed by atoms with E-state index >= 15 is 0 Å². The summed E-state index contributed by atoms with van der Waals surface area (Å²) >= 11 is 5.87. The van der Waals surface area contributed by atoms with E-state index in [1.54, 1.807) is 6.07 Å². The molecule has 0 unspecified atom stereocenters. The Balaban J connectivity index is 1.85. The van der Waals surface area contributed by atoms with Gasteiger partial charge in [0, 0.05) is 31.7 Å². The Bertz CT molecular complexity index is 395. The first kappa shape index (κ1) is 14.3. The smallest absolute Gasteiger partial charge is 0.223 e. The van der Waals surface area contributed by atoms with Crippen LogP contribution in [0.1, 0.15) is 26.7 Å². The molecule has 0 amide bonds. The van der Waals surface area contributed by atoms with Crippen molar-refractivity contribution in [1.82, 2.24) is 14.9 Å². The van der Waals surface area contributed by atoms with Crippen LogP contribution in [0.2, 0.25) is 5.15 Å². The van der Waals surface area contributed by atoms with Crippen LogP contribution in [0.5, 0.6) is 0 Å². The van der Waals surface area contributed by atoms with Gasteiger partial charge in [0.25, 0.3) is 0 Å². The Morgan fingerprint density at radius 2 is 2.11 bits per heavy atom. The van der Waals surface area contributed by atoms with Crippen LogP contribution in [0.15, 0.2) is 6.07 Å². The highest BCUT2D eigenvalue weighted by atomic mass is 35.5. The molecule has 1 aliphatic rings. The van der Waals surface area contributed by atoms with Crippen LogP contribution in [-0.4, -0.2) is 40.5 Å². The van der Waals surface area contributed by atoms with Crippen molar-refractivity contribution in [1.29, 1.82) is 0 Å². The number of nitrogen functional groups attached to an aromatic ring is 1. The molecule has 106 valence electrons. The zero-order chi connectivity index (χ0) is 13.8. The van der Waals surface area contributed by atoms with E-state index in [9.17, 15) is 0 Å². The number of anilines is 2. The third kappa shape index (κ3) is 4.51. The number of nitrogens with two attached hydrogens (primary N) is 1. The van der Waals surface area contributed by atoms with E-state index in [2.05, 4.69) is 34.0 Å². The SMILES string of the molecule is CC(C)CN1CCC(Nc2cc(Cl)nc(N)n2)CC1. The van der Waals surface area contributed by atoms with Gasteiger partial charge in [0.2, 0.25) is 5.95 Å². The first-order valence-corrected chi connectivity index (χ1v) is 7.19. The molecule has 1 saturated heterocycles. The van der Waals surface area contributed by atoms with Crippen molar-refractivity contribution >= 4 is 23.4 Å². The van der Waals surface area contributed by atoms with E-state index in [-0.39, 0.29) is 5.95 Å². The summed E-state index contributed by atoms with van der Waals surface area (Å²) in [7, 11) is 0. The number of halogens is 1. The Labute approximate surface area is 119 Å². The van der Waals surface area contributed by atoms with Crippen LogP contribution in [0.4, 0.5) is 11.8 Å². The standard InChI is InChI=1S/C13H22ClN5/c1-9(2)8-19-5-3-10(4-6-19)16-12-7-11(14)17-13(15)18-12/h7,9-10H,3-6,8H2,1-2H3,(H3,15,16,17,18). The zero-order valence-corrected chi connectivity index (χ0v) is 12.3. The molecular formula is C13H22ClN5. The number of aromatic nitrogens is 2. The van der Waals surface area contributed by atoms with Gasteiger partial charge in [-0.05, 0) is 18.8 Å². The lowest BCUT2D eigenvalue weighted by atomic mass is 10.0. The topological polar surface area (TPSA) is 67.1 Å². The first-order chi connectivity index (χ1) is 9.02. The predicted octanol–water partition coefficient (Wildman–Crippen LogP) is 2.24. The molecule has 1 aliphatic heterocycles. The summed E-state index contributed by atoms with van der Waals surface area (Å²) in [6, 6.07) is 2.16. The van der Waals surface area contributed by atoms with Crippen molar-refractivity contribution in [2.45, 2.75) is 32.7 Å². The fourth-order valence-electron chi connectivity index (χ4n) is 2.49. The highest BCUT2D eigenvalue weighted by molar-refractivity contribution is 6.29. The molecule has 1 fully saturated rings. The van der Waals surface area contributed by atoms with Crippen molar-refractivity contribution in [2.24, 2.45) is 5.92 Å². The molecular weight excluding hydrogens is 262 g/mol. The molecule has 6 heteroatoms. The second-order valence-electron chi connectivity index (χ2n) is 5.55. The Hall–Kier alpha value is -1.07. The monoisotopic (exact) mass is 283 g/mol. The largest absolute Gasteiger partial charge is 0.368 e. The van der Waals surface area contributed by atoms with Gasteiger partial charge in [-0.15, -0.1) is 0 Å². The molecule has 0 radical (unpaired) electrons. The van der Waals surface area contributed by atoms with Gasteiger partial charge in [-0.3, -0.25) is 0 Å². The lowest BCUT2D eigenvalue weighted by Crippen LogP contribution is -2.40. The number of hydrogen-bond donors (Lipinski definition) is 2. The number of hydrogen-bond acceptors (Lipinski definition) is 5. The third-order valence-electron chi connectivity index (χ3n) is 3.28. The van der Waals surface area contributed by atoms with Crippen LogP contribution in [0.25, 0.3) is 0 Å². The second-order valence-corrected chi connectivity index (χ2v) is 5.93. The summed E-state index contributed by atoms with van der Waals surface area (Å²) in [6.45, 7) is 7.96. The van der Waals surface area contributed by atoms with Gasteiger partial charge in [-0.1, -0.05) is 25.4 Å². The first-order valence-electron chi connectivity index (χ1n) is 6.82. The third-order valence-corrected chi connectivity index (χ3v) is 3.47. The van der Waals surface area contributed by atoms with Gasteiger partial charge in [0.15, 0.2) is 0 Å². The lowest BCUT2D eigenvalue weighted by Gasteiger charge is -2.33. The fraction of sp³-hybridized carbons (Fsp3) is 0.692. The molecule has 19 heavy (non-hydrogen) atoms. The summed E-state index contributed by atoms with van der Waals surface area (Å²) in [5, 5.41) is 3.78. The van der Waals surface area contributed by atoms with Crippen molar-refractivity contribution < 1.29 is 0 Å². The average molecular weight is 284 g/mol. The minimum Gasteiger partial charge on any atom is -0.368 e. The van der Waals surface area contributed by atoms with Gasteiger partial charge >= 0.3 is 0 Å². The van der Waals surface area contributed by atoms with Gasteiger partial charge in [-0.2, -0.15) is 4.98 Å². The molecule has 3 N–H and O–H groups in total. The van der Waals surface area contributed by atoms with Crippen molar-refractivity contribution in [2.75, 3.05) is 30.7 Å². The Morgan fingerprint density at radius 1 is 1.42 bits per heavy atom. The van der Waals surface area contributed by atoms with Crippen LogP contribution in [0.3, 0.4) is 0 Å². The molecule has 5 nitrogen and oxygen atoms in total. The summed E-state index contributed by atoms with van der Waals surface area (Å²) in [5.41, 5.74) is 5.59. The molecule has 0 aromatic carbocycles. The van der Waals surface area contributed by atoms with E-state index in [1.165, 1.54) is 6.54 Å². The van der Waals surface area contributed by atoms with E-state index in [0.29, 0.717) is 11.2 Å². The van der Waals surface area contributed by atoms with Crippen molar-refractivity contribution in [3.8, 4) is 0 Å². The van der Waals surface area contributed by atoms with Gasteiger partial charge in [0.05, 0.1) is 0 Å². The van der Waals surface area contributed by atoms with E-state index in [4.69, 9.17) is 17.3 Å². The minimum atomic E-state index is 0.215. The molecule has 0 saturated carbocycles. The number of likely N-dealkylation sites (tertiary alicyclic amines) is 1. The zero-order valence-electron chi connectivity index (χ0n) is 11.6. The molecule has 0 bridgehead atoms. The number of rotatable bonds is 4. The maximum atomic E-state index is 5.87. The van der Waals surface area contributed by atoms with Crippen LogP contribution < -0.4 is 11.1 Å². The van der Waals surface area contributed by atoms with Gasteiger partial charge < -0.3 is 16.0 Å². The molecule has 0 spiro atoms. The number of nitrogens with one attached hydrogen (secondary N) is 1. The van der Waals surface area contributed by atoms with E-state index in [1.807, 2.05) is 0 Å². The van der Waals surface area contributed by atoms with E-state index < -0.39 is 0 Å². The molecule has 0 aliphatic carbocycles. The normalized spacial score (nSPS) is 17.9. The van der Waals surface area contributed by atoms with Crippen molar-refractivity contribution in [3.63, 3.8) is 0 Å². The molecule has 2 rings (SSSR count). The Kier molecular flexibility index (Phi) is 4.82. The highest BCUT2D eigenvalue weighted by Gasteiger charge is 2.19. The molecule has 0 atom stereocenters. The quantitative estimate of drug-likeness (QED) is 0.830. The molecule has 1 aromatic heterocycles. The summed E-state index contributed by atoms with van der Waals surface area (Å²) in [6.07, 6.45) is 2.24. The predicted molar refractivity (Wildman–Crippen MR) is 79.4 cm³/mol. The highest BCUT2D eigenvalue weighted by Crippen LogP contribution is 2.18. The summed E-state index contributed by atoms with van der Waals surface area (Å²) in [5.74, 6) is 1.66. The van der Waals surface area contributed by atoms with Crippen LogP contribution >= 0.6 is 11.6 Å². The van der Waals surface area contributed by atoms with Crippen molar-refractivity contribution in [3.05, 3.63) is 11.2 Å². The molecule has 2 heterocycles. The average Bonchev–Trinajstić information content (AvgIpc) is 2.29. The maximum Gasteiger partial charge on any atom is 0.223 e. The summed E-state index contributed by atoms with van der Waals surface area (Å²) < 4.78 is 0. The second kappa shape index (κ2) is 6.39. The van der Waals surface area contributed by atoms with Gasteiger partial charge in [-0.25, -0.2) is 4.98 Å². The minimum absolute atomic E-state index is 0.215. The van der Waals surface area contributed by atoms with Gasteiger partial charge in [0.1, 0.15) is 11.0 Å². The summed E-state index contributed by atoms with van der Waals surface area (Å²) in [4.78, 5) is 10.5. The number of piperidine rings is 1. The lowest BCUT2D eigenvalue weighted by molar-refractivity contribution is 0.198. The van der Waals surface area contributed by atoms with Crippen LogP contribution in [-0.2, 0) is 0 Å².